The van der Waals surface area contributed by atoms with Gasteiger partial charge in [0.2, 0.25) is 0 Å². The molecule has 0 spiro atoms. The van der Waals surface area contributed by atoms with Gasteiger partial charge in [-0.2, -0.15) is 0 Å². The van der Waals surface area contributed by atoms with Crippen LogP contribution in [0.3, 0.4) is 0 Å². The summed E-state index contributed by atoms with van der Waals surface area (Å²) < 4.78 is 5.22. The molecule has 1 aromatic rings. The Morgan fingerprint density at radius 1 is 1.23 bits per heavy atom. The number of hydrogen-bond acceptors (Lipinski definition) is 1. The molecule has 0 radical (unpaired) electrons. The molecule has 70 valence electrons. The van der Waals surface area contributed by atoms with Gasteiger partial charge in [0.1, 0.15) is 0 Å². The van der Waals surface area contributed by atoms with E-state index in [0.29, 0.717) is 11.8 Å². The van der Waals surface area contributed by atoms with Crippen LogP contribution in [0.5, 0.6) is 0 Å². The van der Waals surface area contributed by atoms with Crippen LogP contribution >= 0.6 is 0 Å². The smallest absolute Gasteiger partial charge is 0.0557 e. The Balaban J connectivity index is 2.31. The Morgan fingerprint density at radius 2 is 1.92 bits per heavy atom. The topological polar surface area (TPSA) is 9.23 Å². The number of ether oxygens (including phenoxy) is 1. The summed E-state index contributed by atoms with van der Waals surface area (Å²) in [5, 5.41) is 0. The predicted molar refractivity (Wildman–Crippen MR) is 54.1 cm³/mol. The van der Waals surface area contributed by atoms with Gasteiger partial charge in [0.25, 0.3) is 0 Å². The minimum Gasteiger partial charge on any atom is -0.380 e. The second-order valence-electron chi connectivity index (χ2n) is 4.02. The molecule has 0 bridgehead atoms. The van der Waals surface area contributed by atoms with E-state index in [9.17, 15) is 0 Å². The maximum absolute atomic E-state index is 5.22. The summed E-state index contributed by atoms with van der Waals surface area (Å²) in [5.41, 5.74) is 2.97. The molecule has 0 amide bonds. The fourth-order valence-electron chi connectivity index (χ4n) is 1.82. The highest BCUT2D eigenvalue weighted by molar-refractivity contribution is 5.33. The highest BCUT2D eigenvalue weighted by Crippen LogP contribution is 2.30. The number of rotatable bonds is 2. The van der Waals surface area contributed by atoms with Gasteiger partial charge >= 0.3 is 0 Å². The second kappa shape index (κ2) is 3.51. The van der Waals surface area contributed by atoms with Crippen LogP contribution in [0.25, 0.3) is 0 Å². The molecule has 0 atom stereocenters. The molecule has 0 aromatic heterocycles. The van der Waals surface area contributed by atoms with Gasteiger partial charge in [-0.05, 0) is 17.0 Å². The molecule has 1 fully saturated rings. The molecule has 0 saturated carbocycles. The van der Waals surface area contributed by atoms with E-state index < -0.39 is 0 Å². The quantitative estimate of drug-likeness (QED) is 0.673. The van der Waals surface area contributed by atoms with Gasteiger partial charge in [-0.3, -0.25) is 0 Å². The van der Waals surface area contributed by atoms with Crippen LogP contribution in [-0.2, 0) is 4.74 Å². The third kappa shape index (κ3) is 1.61. The summed E-state index contributed by atoms with van der Waals surface area (Å²) in [6, 6.07) is 8.72. The van der Waals surface area contributed by atoms with Crippen LogP contribution in [0.1, 0.15) is 36.8 Å². The Labute approximate surface area is 79.7 Å². The third-order valence-electron chi connectivity index (χ3n) is 2.70. The first-order valence-corrected chi connectivity index (χ1v) is 4.95. The van der Waals surface area contributed by atoms with Gasteiger partial charge in [0.15, 0.2) is 0 Å². The monoisotopic (exact) mass is 176 g/mol. The largest absolute Gasteiger partial charge is 0.380 e. The molecule has 1 heteroatoms. The van der Waals surface area contributed by atoms with Crippen LogP contribution in [0, 0.1) is 0 Å². The molecule has 1 aliphatic rings. The van der Waals surface area contributed by atoms with Gasteiger partial charge in [-0.25, -0.2) is 0 Å². The van der Waals surface area contributed by atoms with Crippen molar-refractivity contribution >= 4 is 0 Å². The average molecular weight is 176 g/mol. The predicted octanol–water partition coefficient (Wildman–Crippen LogP) is 2.92. The van der Waals surface area contributed by atoms with Gasteiger partial charge < -0.3 is 4.74 Å². The maximum Gasteiger partial charge on any atom is 0.0557 e. The van der Waals surface area contributed by atoms with Crippen molar-refractivity contribution in [2.75, 3.05) is 13.2 Å². The van der Waals surface area contributed by atoms with E-state index in [2.05, 4.69) is 38.1 Å². The SMILES string of the molecule is CC(C)c1ccccc1C1COC1. The Morgan fingerprint density at radius 3 is 2.46 bits per heavy atom. The molecule has 1 heterocycles. The number of benzene rings is 1. The standard InChI is InChI=1S/C12H16O/c1-9(2)11-5-3-4-6-12(11)10-7-13-8-10/h3-6,9-10H,7-8H2,1-2H3. The van der Waals surface area contributed by atoms with Crippen LogP contribution in [0.4, 0.5) is 0 Å². The first-order chi connectivity index (χ1) is 6.29. The second-order valence-corrected chi connectivity index (χ2v) is 4.02. The van der Waals surface area contributed by atoms with Crippen molar-refractivity contribution in [3.05, 3.63) is 35.4 Å². The van der Waals surface area contributed by atoms with Crippen LogP contribution < -0.4 is 0 Å². The van der Waals surface area contributed by atoms with E-state index >= 15 is 0 Å². The maximum atomic E-state index is 5.22. The van der Waals surface area contributed by atoms with E-state index in [1.165, 1.54) is 11.1 Å². The van der Waals surface area contributed by atoms with Crippen molar-refractivity contribution < 1.29 is 4.74 Å². The lowest BCUT2D eigenvalue weighted by atomic mass is 9.88. The summed E-state index contributed by atoms with van der Waals surface area (Å²) in [6.45, 7) is 6.31. The lowest BCUT2D eigenvalue weighted by Crippen LogP contribution is -2.26. The van der Waals surface area contributed by atoms with Crippen LogP contribution in [-0.4, -0.2) is 13.2 Å². The van der Waals surface area contributed by atoms with Crippen molar-refractivity contribution in [1.82, 2.24) is 0 Å². The molecule has 1 saturated heterocycles. The Hall–Kier alpha value is -0.820. The van der Waals surface area contributed by atoms with Crippen molar-refractivity contribution in [2.24, 2.45) is 0 Å². The summed E-state index contributed by atoms with van der Waals surface area (Å²) in [7, 11) is 0. The van der Waals surface area contributed by atoms with Crippen molar-refractivity contribution in [2.45, 2.75) is 25.7 Å². The van der Waals surface area contributed by atoms with Crippen molar-refractivity contribution in [3.63, 3.8) is 0 Å². The first-order valence-electron chi connectivity index (χ1n) is 4.95. The highest BCUT2D eigenvalue weighted by Gasteiger charge is 2.23. The van der Waals surface area contributed by atoms with E-state index in [1.54, 1.807) is 0 Å². The highest BCUT2D eigenvalue weighted by atomic mass is 16.5. The molecule has 0 aliphatic carbocycles. The lowest BCUT2D eigenvalue weighted by Gasteiger charge is -2.29. The zero-order valence-corrected chi connectivity index (χ0v) is 8.29. The average Bonchev–Trinajstić information content (AvgIpc) is 2.02. The summed E-state index contributed by atoms with van der Waals surface area (Å²) in [5.74, 6) is 1.27. The molecule has 1 aromatic carbocycles. The van der Waals surface area contributed by atoms with E-state index in [4.69, 9.17) is 4.74 Å². The number of hydrogen-bond donors (Lipinski definition) is 0. The van der Waals surface area contributed by atoms with E-state index in [-0.39, 0.29) is 0 Å². The fourth-order valence-corrected chi connectivity index (χ4v) is 1.82. The molecule has 0 N–H and O–H groups in total. The van der Waals surface area contributed by atoms with Gasteiger partial charge in [0, 0.05) is 5.92 Å². The fraction of sp³-hybridized carbons (Fsp3) is 0.500. The third-order valence-corrected chi connectivity index (χ3v) is 2.70. The van der Waals surface area contributed by atoms with Gasteiger partial charge in [0.05, 0.1) is 13.2 Å². The van der Waals surface area contributed by atoms with Crippen molar-refractivity contribution in [1.29, 1.82) is 0 Å². The minimum absolute atomic E-state index is 0.622. The summed E-state index contributed by atoms with van der Waals surface area (Å²) >= 11 is 0. The van der Waals surface area contributed by atoms with Crippen LogP contribution in [0.15, 0.2) is 24.3 Å². The van der Waals surface area contributed by atoms with Gasteiger partial charge in [-0.15, -0.1) is 0 Å². The van der Waals surface area contributed by atoms with Gasteiger partial charge in [-0.1, -0.05) is 38.1 Å². The lowest BCUT2D eigenvalue weighted by molar-refractivity contribution is 0.00800. The summed E-state index contributed by atoms with van der Waals surface area (Å²) in [4.78, 5) is 0. The van der Waals surface area contributed by atoms with E-state index in [1.807, 2.05) is 0 Å². The molecule has 2 rings (SSSR count). The zero-order valence-electron chi connectivity index (χ0n) is 8.29. The molecular formula is C12H16O. The molecule has 0 unspecified atom stereocenters. The molecule has 13 heavy (non-hydrogen) atoms. The Kier molecular flexibility index (Phi) is 2.36. The first kappa shape index (κ1) is 8.76. The van der Waals surface area contributed by atoms with Crippen LogP contribution in [0.2, 0.25) is 0 Å². The normalized spacial score (nSPS) is 17.5. The summed E-state index contributed by atoms with van der Waals surface area (Å²) in [6.07, 6.45) is 0. The molecule has 1 nitrogen and oxygen atoms in total. The molecular weight excluding hydrogens is 160 g/mol. The van der Waals surface area contributed by atoms with Crippen molar-refractivity contribution in [3.8, 4) is 0 Å². The minimum atomic E-state index is 0.622. The Bertz CT molecular complexity index is 287. The zero-order chi connectivity index (χ0) is 9.26. The molecule has 1 aliphatic heterocycles. The van der Waals surface area contributed by atoms with E-state index in [0.717, 1.165) is 13.2 Å².